The van der Waals surface area contributed by atoms with Gasteiger partial charge in [-0.05, 0) is 18.2 Å². The number of fused-ring (bicyclic) bond motifs is 2. The van der Waals surface area contributed by atoms with Gasteiger partial charge in [0.25, 0.3) is 5.56 Å². The van der Waals surface area contributed by atoms with Crippen LogP contribution in [0.3, 0.4) is 0 Å². The molecule has 0 bridgehead atoms. The number of carbonyl (C=O) groups excluding carboxylic acids is 1. The molecule has 0 radical (unpaired) electrons. The second kappa shape index (κ2) is 7.38. The highest BCUT2D eigenvalue weighted by Gasteiger charge is 2.18. The summed E-state index contributed by atoms with van der Waals surface area (Å²) in [6.45, 7) is 0.552. The van der Waals surface area contributed by atoms with Gasteiger partial charge in [0.15, 0.2) is 6.79 Å². The van der Waals surface area contributed by atoms with Gasteiger partial charge in [-0.2, -0.15) is 5.10 Å². The molecule has 27 heavy (non-hydrogen) atoms. The number of aromatic nitrogens is 2. The van der Waals surface area contributed by atoms with E-state index >= 15 is 0 Å². The van der Waals surface area contributed by atoms with Gasteiger partial charge in [0, 0.05) is 21.5 Å². The van der Waals surface area contributed by atoms with E-state index in [2.05, 4.69) is 10.2 Å². The maximum absolute atomic E-state index is 12.3. The second-order valence-electron chi connectivity index (χ2n) is 6.05. The number of halogens is 1. The number of H-pyrrole nitrogens is 1. The smallest absolute Gasteiger partial charge is 0.312 e. The molecule has 1 aromatic heterocycles. The number of hydrogen-bond acceptors (Lipinski definition) is 6. The van der Waals surface area contributed by atoms with Gasteiger partial charge in [0.05, 0.1) is 24.1 Å². The number of esters is 1. The van der Waals surface area contributed by atoms with E-state index in [-0.39, 0.29) is 25.4 Å². The number of rotatable bonds is 4. The van der Waals surface area contributed by atoms with Crippen molar-refractivity contribution in [3.8, 4) is 5.75 Å². The lowest BCUT2D eigenvalue weighted by Crippen LogP contribution is -2.16. The summed E-state index contributed by atoms with van der Waals surface area (Å²) >= 11 is 6.11. The van der Waals surface area contributed by atoms with E-state index in [4.69, 9.17) is 25.8 Å². The molecule has 3 aromatic rings. The number of nitrogens with one attached hydrogen (secondary N) is 1. The van der Waals surface area contributed by atoms with Gasteiger partial charge in [0.2, 0.25) is 0 Å². The molecule has 138 valence electrons. The van der Waals surface area contributed by atoms with Crippen molar-refractivity contribution in [3.05, 3.63) is 68.6 Å². The largest absolute Gasteiger partial charge is 0.467 e. The molecule has 0 aliphatic carbocycles. The molecule has 2 heterocycles. The van der Waals surface area contributed by atoms with Gasteiger partial charge < -0.3 is 14.2 Å². The Labute approximate surface area is 158 Å². The molecule has 1 aliphatic heterocycles. The zero-order valence-electron chi connectivity index (χ0n) is 14.2. The van der Waals surface area contributed by atoms with E-state index in [1.807, 2.05) is 0 Å². The van der Waals surface area contributed by atoms with Crippen molar-refractivity contribution < 1.29 is 19.0 Å². The van der Waals surface area contributed by atoms with Crippen molar-refractivity contribution in [2.24, 2.45) is 0 Å². The minimum Gasteiger partial charge on any atom is -0.467 e. The summed E-state index contributed by atoms with van der Waals surface area (Å²) in [6, 6.07) is 10.4. The molecular formula is C19H15ClN2O5. The average Bonchev–Trinajstić information content (AvgIpc) is 2.68. The topological polar surface area (TPSA) is 90.5 Å². The molecule has 2 aromatic carbocycles. The van der Waals surface area contributed by atoms with Crippen LogP contribution in [0.1, 0.15) is 16.8 Å². The van der Waals surface area contributed by atoms with Crippen molar-refractivity contribution >= 4 is 28.3 Å². The number of hydrogen-bond donors (Lipinski definition) is 1. The van der Waals surface area contributed by atoms with Crippen molar-refractivity contribution in [2.75, 3.05) is 6.79 Å². The molecule has 7 nitrogen and oxygen atoms in total. The van der Waals surface area contributed by atoms with Gasteiger partial charge >= 0.3 is 5.97 Å². The monoisotopic (exact) mass is 386 g/mol. The van der Waals surface area contributed by atoms with E-state index in [1.54, 1.807) is 36.4 Å². The molecular weight excluding hydrogens is 372 g/mol. The summed E-state index contributed by atoms with van der Waals surface area (Å²) in [5.74, 6) is 0.159. The van der Waals surface area contributed by atoms with Crippen LogP contribution in [-0.2, 0) is 33.9 Å². The molecule has 0 spiro atoms. The highest BCUT2D eigenvalue weighted by atomic mass is 35.5. The van der Waals surface area contributed by atoms with E-state index < -0.39 is 5.97 Å². The Morgan fingerprint density at radius 2 is 2.07 bits per heavy atom. The van der Waals surface area contributed by atoms with Crippen LogP contribution in [-0.4, -0.2) is 23.0 Å². The summed E-state index contributed by atoms with van der Waals surface area (Å²) in [7, 11) is 0. The quantitative estimate of drug-likeness (QED) is 0.693. The first-order valence-corrected chi connectivity index (χ1v) is 8.63. The lowest BCUT2D eigenvalue weighted by Gasteiger charge is -2.21. The Balaban J connectivity index is 1.51. The summed E-state index contributed by atoms with van der Waals surface area (Å²) in [4.78, 5) is 24.1. The summed E-state index contributed by atoms with van der Waals surface area (Å²) in [5.41, 5.74) is 1.64. The fourth-order valence-corrected chi connectivity index (χ4v) is 3.28. The number of carbonyl (C=O) groups is 1. The van der Waals surface area contributed by atoms with Gasteiger partial charge in [-0.3, -0.25) is 9.59 Å². The lowest BCUT2D eigenvalue weighted by molar-refractivity contribution is -0.144. The molecule has 0 amide bonds. The highest BCUT2D eigenvalue weighted by Crippen LogP contribution is 2.32. The third-order valence-electron chi connectivity index (χ3n) is 4.23. The predicted molar refractivity (Wildman–Crippen MR) is 97.6 cm³/mol. The normalized spacial score (nSPS) is 13.1. The van der Waals surface area contributed by atoms with Crippen LogP contribution >= 0.6 is 11.6 Å². The highest BCUT2D eigenvalue weighted by molar-refractivity contribution is 6.30. The maximum Gasteiger partial charge on any atom is 0.312 e. The van der Waals surface area contributed by atoms with Crippen LogP contribution in [0, 0.1) is 0 Å². The average molecular weight is 387 g/mol. The molecule has 0 atom stereocenters. The van der Waals surface area contributed by atoms with Crippen LogP contribution < -0.4 is 10.3 Å². The van der Waals surface area contributed by atoms with Crippen LogP contribution in [0.4, 0.5) is 0 Å². The first-order chi connectivity index (χ1) is 13.1. The Kier molecular flexibility index (Phi) is 4.79. The van der Waals surface area contributed by atoms with Crippen LogP contribution in [0.5, 0.6) is 5.75 Å². The van der Waals surface area contributed by atoms with Crippen molar-refractivity contribution in [2.45, 2.75) is 19.6 Å². The third-order valence-corrected chi connectivity index (χ3v) is 4.45. The molecule has 0 unspecified atom stereocenters. The van der Waals surface area contributed by atoms with E-state index in [0.29, 0.717) is 39.4 Å². The number of aromatic amines is 1. The van der Waals surface area contributed by atoms with E-state index in [0.717, 1.165) is 5.56 Å². The van der Waals surface area contributed by atoms with E-state index in [9.17, 15) is 9.59 Å². The first kappa shape index (κ1) is 17.5. The summed E-state index contributed by atoms with van der Waals surface area (Å²) < 4.78 is 16.1. The molecule has 0 saturated carbocycles. The van der Waals surface area contributed by atoms with Gasteiger partial charge in [-0.1, -0.05) is 29.8 Å². The fourth-order valence-electron chi connectivity index (χ4n) is 3.02. The zero-order chi connectivity index (χ0) is 18.8. The Morgan fingerprint density at radius 3 is 2.93 bits per heavy atom. The SMILES string of the molecule is O=C(Cc1n[nH]c(=O)c2ccccc12)OCc1cc(Cl)cc2c1OCOC2. The number of nitrogens with zero attached hydrogens (tertiary/aromatic N) is 1. The molecule has 1 N–H and O–H groups in total. The second-order valence-corrected chi connectivity index (χ2v) is 6.48. The lowest BCUT2D eigenvalue weighted by atomic mass is 10.1. The molecule has 8 heteroatoms. The number of benzene rings is 2. The first-order valence-electron chi connectivity index (χ1n) is 8.25. The van der Waals surface area contributed by atoms with Crippen molar-refractivity contribution in [3.63, 3.8) is 0 Å². The molecule has 0 saturated heterocycles. The van der Waals surface area contributed by atoms with Gasteiger partial charge in [-0.15, -0.1) is 0 Å². The minimum atomic E-state index is -0.472. The number of ether oxygens (including phenoxy) is 3. The Bertz CT molecular complexity index is 1080. The maximum atomic E-state index is 12.3. The Morgan fingerprint density at radius 1 is 1.26 bits per heavy atom. The standard InChI is InChI=1S/C19H15ClN2O5/c20-13-5-11-8-25-10-27-18(11)12(6-13)9-26-17(23)7-16-14-3-1-2-4-15(14)19(24)22-21-16/h1-6H,7-10H2,(H,22,24). The fraction of sp³-hybridized carbons (Fsp3) is 0.211. The van der Waals surface area contributed by atoms with Gasteiger partial charge in [0.1, 0.15) is 12.4 Å². The van der Waals surface area contributed by atoms with Crippen molar-refractivity contribution in [1.29, 1.82) is 0 Å². The third kappa shape index (κ3) is 3.65. The minimum absolute atomic E-state index is 0.0169. The predicted octanol–water partition coefficient (Wildman–Crippen LogP) is 2.73. The van der Waals surface area contributed by atoms with Gasteiger partial charge in [-0.25, -0.2) is 5.10 Å². The van der Waals surface area contributed by atoms with Crippen LogP contribution in [0.15, 0.2) is 41.2 Å². The zero-order valence-corrected chi connectivity index (χ0v) is 14.9. The summed E-state index contributed by atoms with van der Waals surface area (Å²) in [6.07, 6.45) is -0.0655. The van der Waals surface area contributed by atoms with E-state index in [1.165, 1.54) is 0 Å². The molecule has 1 aliphatic rings. The van der Waals surface area contributed by atoms with Crippen LogP contribution in [0.25, 0.3) is 10.8 Å². The Hall–Kier alpha value is -2.90. The molecule has 0 fully saturated rings. The molecule has 4 rings (SSSR count). The van der Waals surface area contributed by atoms with Crippen molar-refractivity contribution in [1.82, 2.24) is 10.2 Å². The summed E-state index contributed by atoms with van der Waals surface area (Å²) in [5, 5.41) is 8.01. The van der Waals surface area contributed by atoms with Crippen LogP contribution in [0.2, 0.25) is 5.02 Å².